The van der Waals surface area contributed by atoms with Crippen LogP contribution in [0.15, 0.2) is 46.9 Å². The summed E-state index contributed by atoms with van der Waals surface area (Å²) < 4.78 is 11.8. The van der Waals surface area contributed by atoms with Crippen molar-refractivity contribution in [3.05, 3.63) is 52.5 Å². The van der Waals surface area contributed by atoms with Crippen molar-refractivity contribution < 1.29 is 9.47 Å². The molecule has 0 spiro atoms. The van der Waals surface area contributed by atoms with Crippen LogP contribution in [0.3, 0.4) is 0 Å². The summed E-state index contributed by atoms with van der Waals surface area (Å²) in [5.74, 6) is 1.68. The van der Waals surface area contributed by atoms with Gasteiger partial charge in [-0.3, -0.25) is 0 Å². The Morgan fingerprint density at radius 1 is 1.05 bits per heavy atom. The predicted octanol–water partition coefficient (Wildman–Crippen LogP) is 4.26. The second-order valence-electron chi connectivity index (χ2n) is 4.43. The van der Waals surface area contributed by atoms with E-state index in [1.165, 1.54) is 5.56 Å². The van der Waals surface area contributed by atoms with Gasteiger partial charge in [0.25, 0.3) is 0 Å². The molecule has 106 valence electrons. The van der Waals surface area contributed by atoms with Gasteiger partial charge in [0.2, 0.25) is 0 Å². The number of anilines is 1. The molecule has 20 heavy (non-hydrogen) atoms. The molecule has 2 rings (SSSR count). The van der Waals surface area contributed by atoms with Gasteiger partial charge in [-0.15, -0.1) is 0 Å². The summed E-state index contributed by atoms with van der Waals surface area (Å²) >= 11 is 3.54. The highest BCUT2D eigenvalue weighted by Gasteiger charge is 1.99. The molecule has 1 N–H and O–H groups in total. The molecule has 0 aliphatic heterocycles. The van der Waals surface area contributed by atoms with Gasteiger partial charge in [0.1, 0.15) is 18.1 Å². The fraction of sp³-hybridized carbons (Fsp3) is 0.250. The van der Waals surface area contributed by atoms with Gasteiger partial charge in [0, 0.05) is 16.7 Å². The zero-order valence-electron chi connectivity index (χ0n) is 11.7. The van der Waals surface area contributed by atoms with E-state index in [1.807, 2.05) is 24.3 Å². The summed E-state index contributed by atoms with van der Waals surface area (Å²) in [6.45, 7) is 3.42. The molecule has 3 nitrogen and oxygen atoms in total. The van der Waals surface area contributed by atoms with Crippen LogP contribution < -0.4 is 14.8 Å². The van der Waals surface area contributed by atoms with Crippen molar-refractivity contribution in [3.63, 3.8) is 0 Å². The Balaban J connectivity index is 1.78. The number of nitrogens with one attached hydrogen (secondary N) is 1. The maximum Gasteiger partial charge on any atom is 0.119 e. The lowest BCUT2D eigenvalue weighted by Crippen LogP contribution is -2.11. The van der Waals surface area contributed by atoms with Gasteiger partial charge in [0.15, 0.2) is 0 Å². The molecule has 0 unspecified atom stereocenters. The van der Waals surface area contributed by atoms with Crippen LogP contribution in [0.1, 0.15) is 5.56 Å². The van der Waals surface area contributed by atoms with Crippen molar-refractivity contribution in [2.45, 2.75) is 6.92 Å². The Labute approximate surface area is 128 Å². The third-order valence-corrected chi connectivity index (χ3v) is 3.53. The van der Waals surface area contributed by atoms with E-state index in [0.717, 1.165) is 28.2 Å². The molecular formula is C16H18BrNO2. The first-order valence-electron chi connectivity index (χ1n) is 6.46. The highest BCUT2D eigenvalue weighted by Crippen LogP contribution is 2.23. The fourth-order valence-corrected chi connectivity index (χ4v) is 2.42. The van der Waals surface area contributed by atoms with Crippen molar-refractivity contribution in [2.24, 2.45) is 0 Å². The number of rotatable bonds is 6. The SMILES string of the molecule is COc1ccc(OCCNc2ccc(C)cc2Br)cc1. The van der Waals surface area contributed by atoms with E-state index >= 15 is 0 Å². The number of methoxy groups -OCH3 is 1. The zero-order valence-corrected chi connectivity index (χ0v) is 13.2. The standard InChI is InChI=1S/C16H18BrNO2/c1-12-3-8-16(15(17)11-12)18-9-10-20-14-6-4-13(19-2)5-7-14/h3-8,11,18H,9-10H2,1-2H3. The summed E-state index contributed by atoms with van der Waals surface area (Å²) in [5, 5.41) is 3.34. The molecule has 0 heterocycles. The number of hydrogen-bond donors (Lipinski definition) is 1. The Morgan fingerprint density at radius 3 is 2.40 bits per heavy atom. The molecule has 0 saturated heterocycles. The molecule has 0 aromatic heterocycles. The van der Waals surface area contributed by atoms with Gasteiger partial charge < -0.3 is 14.8 Å². The average Bonchev–Trinajstić information content (AvgIpc) is 2.46. The van der Waals surface area contributed by atoms with Crippen molar-refractivity contribution >= 4 is 21.6 Å². The quantitative estimate of drug-likeness (QED) is 0.800. The molecule has 0 fully saturated rings. The van der Waals surface area contributed by atoms with Gasteiger partial charge in [0.05, 0.1) is 7.11 Å². The lowest BCUT2D eigenvalue weighted by Gasteiger charge is -2.10. The van der Waals surface area contributed by atoms with Gasteiger partial charge >= 0.3 is 0 Å². The molecule has 0 atom stereocenters. The Morgan fingerprint density at radius 2 is 1.75 bits per heavy atom. The van der Waals surface area contributed by atoms with Crippen LogP contribution in [-0.4, -0.2) is 20.3 Å². The topological polar surface area (TPSA) is 30.5 Å². The van der Waals surface area contributed by atoms with E-state index in [2.05, 4.69) is 46.4 Å². The van der Waals surface area contributed by atoms with Gasteiger partial charge in [-0.1, -0.05) is 6.07 Å². The van der Waals surface area contributed by atoms with Crippen LogP contribution in [-0.2, 0) is 0 Å². The molecule has 2 aromatic carbocycles. The molecular weight excluding hydrogens is 318 g/mol. The summed E-state index contributed by atoms with van der Waals surface area (Å²) in [6.07, 6.45) is 0. The van der Waals surface area contributed by atoms with Gasteiger partial charge in [-0.05, 0) is 64.8 Å². The van der Waals surface area contributed by atoms with Crippen LogP contribution in [0.5, 0.6) is 11.5 Å². The van der Waals surface area contributed by atoms with Crippen molar-refractivity contribution in [1.82, 2.24) is 0 Å². The van der Waals surface area contributed by atoms with Crippen molar-refractivity contribution in [3.8, 4) is 11.5 Å². The molecule has 0 aliphatic rings. The molecule has 4 heteroatoms. The van der Waals surface area contributed by atoms with Crippen LogP contribution >= 0.6 is 15.9 Å². The van der Waals surface area contributed by atoms with Crippen molar-refractivity contribution in [2.75, 3.05) is 25.6 Å². The Hall–Kier alpha value is -1.68. The lowest BCUT2D eigenvalue weighted by molar-refractivity contribution is 0.331. The first-order chi connectivity index (χ1) is 9.69. The minimum Gasteiger partial charge on any atom is -0.497 e. The number of ether oxygens (including phenoxy) is 2. The van der Waals surface area contributed by atoms with E-state index in [-0.39, 0.29) is 0 Å². The van der Waals surface area contributed by atoms with E-state index in [9.17, 15) is 0 Å². The zero-order chi connectivity index (χ0) is 14.4. The summed E-state index contributed by atoms with van der Waals surface area (Å²) in [5.41, 5.74) is 2.31. The number of aryl methyl sites for hydroxylation is 1. The van der Waals surface area contributed by atoms with Crippen LogP contribution in [0, 0.1) is 6.92 Å². The van der Waals surface area contributed by atoms with E-state index in [0.29, 0.717) is 6.61 Å². The third-order valence-electron chi connectivity index (χ3n) is 2.87. The number of halogens is 1. The summed E-state index contributed by atoms with van der Waals surface area (Å²) in [6, 6.07) is 13.8. The maximum absolute atomic E-state index is 5.66. The molecule has 0 bridgehead atoms. The molecule has 0 saturated carbocycles. The fourth-order valence-electron chi connectivity index (χ4n) is 1.79. The van der Waals surface area contributed by atoms with Crippen LogP contribution in [0.25, 0.3) is 0 Å². The molecule has 0 radical (unpaired) electrons. The predicted molar refractivity (Wildman–Crippen MR) is 85.9 cm³/mol. The minimum atomic E-state index is 0.604. The number of hydrogen-bond acceptors (Lipinski definition) is 3. The number of benzene rings is 2. The molecule has 0 aliphatic carbocycles. The van der Waals surface area contributed by atoms with Gasteiger partial charge in [-0.25, -0.2) is 0 Å². The monoisotopic (exact) mass is 335 g/mol. The van der Waals surface area contributed by atoms with E-state index in [1.54, 1.807) is 7.11 Å². The first kappa shape index (κ1) is 14.7. The van der Waals surface area contributed by atoms with Crippen molar-refractivity contribution in [1.29, 1.82) is 0 Å². The maximum atomic E-state index is 5.66. The molecule has 2 aromatic rings. The first-order valence-corrected chi connectivity index (χ1v) is 7.25. The third kappa shape index (κ3) is 4.17. The normalized spacial score (nSPS) is 10.2. The largest absolute Gasteiger partial charge is 0.497 e. The lowest BCUT2D eigenvalue weighted by atomic mass is 10.2. The van der Waals surface area contributed by atoms with E-state index in [4.69, 9.17) is 9.47 Å². The highest BCUT2D eigenvalue weighted by molar-refractivity contribution is 9.10. The minimum absolute atomic E-state index is 0.604. The summed E-state index contributed by atoms with van der Waals surface area (Å²) in [7, 11) is 1.65. The Kier molecular flexibility index (Phi) is 5.30. The average molecular weight is 336 g/mol. The summed E-state index contributed by atoms with van der Waals surface area (Å²) in [4.78, 5) is 0. The highest BCUT2D eigenvalue weighted by atomic mass is 79.9. The Bertz CT molecular complexity index is 555. The van der Waals surface area contributed by atoms with Crippen LogP contribution in [0.2, 0.25) is 0 Å². The van der Waals surface area contributed by atoms with Crippen LogP contribution in [0.4, 0.5) is 5.69 Å². The van der Waals surface area contributed by atoms with Gasteiger partial charge in [-0.2, -0.15) is 0 Å². The smallest absolute Gasteiger partial charge is 0.119 e. The second kappa shape index (κ2) is 7.20. The molecule has 0 amide bonds. The van der Waals surface area contributed by atoms with E-state index < -0.39 is 0 Å². The second-order valence-corrected chi connectivity index (χ2v) is 5.29.